The van der Waals surface area contributed by atoms with Crippen LogP contribution in [-0.2, 0) is 6.54 Å². The second-order valence-electron chi connectivity index (χ2n) is 5.42. The van der Waals surface area contributed by atoms with Gasteiger partial charge in [-0.2, -0.15) is 0 Å². The molecule has 1 aliphatic heterocycles. The number of urea groups is 1. The highest BCUT2D eigenvalue weighted by Crippen LogP contribution is 2.26. The van der Waals surface area contributed by atoms with Gasteiger partial charge in [-0.3, -0.25) is 0 Å². The largest absolute Gasteiger partial charge is 0.388 e. The molecule has 4 nitrogen and oxygen atoms in total. The van der Waals surface area contributed by atoms with Gasteiger partial charge in [-0.1, -0.05) is 30.7 Å². The van der Waals surface area contributed by atoms with Crippen LogP contribution in [-0.4, -0.2) is 34.7 Å². The second kappa shape index (κ2) is 5.39. The van der Waals surface area contributed by atoms with Crippen molar-refractivity contribution in [2.24, 2.45) is 5.92 Å². The third-order valence-electron chi connectivity index (χ3n) is 3.71. The first kappa shape index (κ1) is 14.2. The Morgan fingerprint density at radius 3 is 2.68 bits per heavy atom. The topological polar surface area (TPSA) is 52.6 Å². The first-order valence-corrected chi connectivity index (χ1v) is 6.76. The van der Waals surface area contributed by atoms with E-state index in [9.17, 15) is 9.90 Å². The van der Waals surface area contributed by atoms with Gasteiger partial charge in [-0.15, -0.1) is 0 Å². The number of hydrogen-bond acceptors (Lipinski definition) is 2. The van der Waals surface area contributed by atoms with Crippen molar-refractivity contribution < 1.29 is 9.90 Å². The van der Waals surface area contributed by atoms with Crippen LogP contribution in [0, 0.1) is 5.92 Å². The number of carbonyl (C=O) groups excluding carboxylic acids is 1. The average Bonchev–Trinajstić information content (AvgIpc) is 2.63. The van der Waals surface area contributed by atoms with Gasteiger partial charge in [0.25, 0.3) is 0 Å². The molecule has 0 saturated carbocycles. The molecule has 104 valence electrons. The molecule has 0 aromatic heterocycles. The quantitative estimate of drug-likeness (QED) is 0.874. The highest BCUT2D eigenvalue weighted by Gasteiger charge is 2.40. The average molecular weight is 283 g/mol. The minimum Gasteiger partial charge on any atom is -0.388 e. The van der Waals surface area contributed by atoms with E-state index >= 15 is 0 Å². The van der Waals surface area contributed by atoms with Gasteiger partial charge in [0.05, 0.1) is 12.1 Å². The summed E-state index contributed by atoms with van der Waals surface area (Å²) >= 11 is 5.80. The van der Waals surface area contributed by atoms with Crippen LogP contribution in [0.2, 0.25) is 5.02 Å². The van der Waals surface area contributed by atoms with Crippen molar-refractivity contribution in [2.75, 3.05) is 13.1 Å². The number of carbonyl (C=O) groups is 1. The Bertz CT molecular complexity index is 459. The Balaban J connectivity index is 1.87. The molecule has 0 radical (unpaired) electrons. The van der Waals surface area contributed by atoms with Crippen LogP contribution in [0.4, 0.5) is 4.79 Å². The lowest BCUT2D eigenvalue weighted by molar-refractivity contribution is 0.0386. The van der Waals surface area contributed by atoms with Crippen molar-refractivity contribution >= 4 is 17.6 Å². The lowest BCUT2D eigenvalue weighted by Gasteiger charge is -2.20. The number of aliphatic hydroxyl groups is 1. The molecule has 2 atom stereocenters. The number of likely N-dealkylation sites (tertiary alicyclic amines) is 1. The zero-order chi connectivity index (χ0) is 14.0. The number of benzene rings is 1. The molecule has 0 aliphatic carbocycles. The zero-order valence-electron chi connectivity index (χ0n) is 11.2. The molecular formula is C14H19ClN2O2. The van der Waals surface area contributed by atoms with E-state index in [1.165, 1.54) is 0 Å². The molecule has 1 saturated heterocycles. The lowest BCUT2D eigenvalue weighted by atomic mass is 9.95. The van der Waals surface area contributed by atoms with Crippen molar-refractivity contribution in [1.29, 1.82) is 0 Å². The van der Waals surface area contributed by atoms with Crippen LogP contribution < -0.4 is 5.32 Å². The summed E-state index contributed by atoms with van der Waals surface area (Å²) in [4.78, 5) is 13.6. The number of amides is 2. The van der Waals surface area contributed by atoms with E-state index < -0.39 is 5.60 Å². The normalized spacial score (nSPS) is 26.5. The number of nitrogens with one attached hydrogen (secondary N) is 1. The fourth-order valence-corrected chi connectivity index (χ4v) is 2.31. The van der Waals surface area contributed by atoms with Gasteiger partial charge in [0, 0.05) is 24.0 Å². The maximum atomic E-state index is 12.0. The third-order valence-corrected chi connectivity index (χ3v) is 3.96. The molecule has 1 aliphatic rings. The summed E-state index contributed by atoms with van der Waals surface area (Å²) in [6, 6.07) is 7.22. The van der Waals surface area contributed by atoms with Gasteiger partial charge in [0.1, 0.15) is 0 Å². The van der Waals surface area contributed by atoms with Crippen molar-refractivity contribution in [3.63, 3.8) is 0 Å². The molecule has 0 spiro atoms. The van der Waals surface area contributed by atoms with E-state index in [2.05, 4.69) is 5.32 Å². The highest BCUT2D eigenvalue weighted by atomic mass is 35.5. The minimum absolute atomic E-state index is 0.0915. The van der Waals surface area contributed by atoms with E-state index in [0.29, 0.717) is 24.7 Å². The SMILES string of the molecule is C[C@H]1CN(C(=O)NCc2ccc(Cl)cc2)C[C@@]1(C)O. The monoisotopic (exact) mass is 282 g/mol. The van der Waals surface area contributed by atoms with Gasteiger partial charge in [-0.25, -0.2) is 4.79 Å². The summed E-state index contributed by atoms with van der Waals surface area (Å²) < 4.78 is 0. The number of β-amino-alcohol motifs (C(OH)–C–C–N with tert-alkyl or cyclic N) is 1. The number of rotatable bonds is 2. The van der Waals surface area contributed by atoms with Crippen molar-refractivity contribution in [3.8, 4) is 0 Å². The summed E-state index contributed by atoms with van der Waals surface area (Å²) in [6.45, 7) is 5.14. The van der Waals surface area contributed by atoms with Gasteiger partial charge in [0.2, 0.25) is 0 Å². The fourth-order valence-electron chi connectivity index (χ4n) is 2.18. The first-order chi connectivity index (χ1) is 8.88. The standard InChI is InChI=1S/C14H19ClN2O2/c1-10-8-17(9-14(10,2)19)13(18)16-7-11-3-5-12(15)6-4-11/h3-6,10,19H,7-9H2,1-2H3,(H,16,18)/t10-,14+/m0/s1. The Labute approximate surface area is 118 Å². The molecule has 1 fully saturated rings. The highest BCUT2D eigenvalue weighted by molar-refractivity contribution is 6.30. The Morgan fingerprint density at radius 2 is 2.16 bits per heavy atom. The van der Waals surface area contributed by atoms with E-state index in [4.69, 9.17) is 11.6 Å². The van der Waals surface area contributed by atoms with Gasteiger partial charge in [0.15, 0.2) is 0 Å². The van der Waals surface area contributed by atoms with Crippen LogP contribution >= 0.6 is 11.6 Å². The van der Waals surface area contributed by atoms with Crippen LogP contribution in [0.5, 0.6) is 0 Å². The van der Waals surface area contributed by atoms with E-state index in [-0.39, 0.29) is 11.9 Å². The molecule has 2 amide bonds. The third kappa shape index (κ3) is 3.39. The van der Waals surface area contributed by atoms with Gasteiger partial charge in [-0.05, 0) is 24.6 Å². The second-order valence-corrected chi connectivity index (χ2v) is 5.86. The van der Waals surface area contributed by atoms with Gasteiger partial charge < -0.3 is 15.3 Å². The fraction of sp³-hybridized carbons (Fsp3) is 0.500. The first-order valence-electron chi connectivity index (χ1n) is 6.38. The van der Waals surface area contributed by atoms with E-state index in [1.807, 2.05) is 19.1 Å². The smallest absolute Gasteiger partial charge is 0.317 e. The Morgan fingerprint density at radius 1 is 1.53 bits per heavy atom. The van der Waals surface area contributed by atoms with E-state index in [0.717, 1.165) is 5.56 Å². The summed E-state index contributed by atoms with van der Waals surface area (Å²) in [5.74, 6) is 0.0915. The lowest BCUT2D eigenvalue weighted by Crippen LogP contribution is -2.40. The van der Waals surface area contributed by atoms with Crippen molar-refractivity contribution in [1.82, 2.24) is 10.2 Å². The molecule has 5 heteroatoms. The summed E-state index contributed by atoms with van der Waals surface area (Å²) in [7, 11) is 0. The molecule has 0 bridgehead atoms. The maximum Gasteiger partial charge on any atom is 0.317 e. The van der Waals surface area contributed by atoms with Crippen molar-refractivity contribution in [2.45, 2.75) is 26.0 Å². The van der Waals surface area contributed by atoms with Crippen LogP contribution in [0.3, 0.4) is 0 Å². The molecule has 1 heterocycles. The van der Waals surface area contributed by atoms with Crippen LogP contribution in [0.25, 0.3) is 0 Å². The molecule has 2 rings (SSSR count). The summed E-state index contributed by atoms with van der Waals surface area (Å²) in [5, 5.41) is 13.6. The van der Waals surface area contributed by atoms with Crippen molar-refractivity contribution in [3.05, 3.63) is 34.9 Å². The number of halogens is 1. The van der Waals surface area contributed by atoms with Crippen LogP contribution in [0.15, 0.2) is 24.3 Å². The molecule has 0 unspecified atom stereocenters. The van der Waals surface area contributed by atoms with Crippen LogP contribution in [0.1, 0.15) is 19.4 Å². The summed E-state index contributed by atoms with van der Waals surface area (Å²) in [6.07, 6.45) is 0. The molecule has 19 heavy (non-hydrogen) atoms. The maximum absolute atomic E-state index is 12.0. The predicted molar refractivity (Wildman–Crippen MR) is 75.0 cm³/mol. The molecule has 2 N–H and O–H groups in total. The summed E-state index contributed by atoms with van der Waals surface area (Å²) in [5.41, 5.74) is 0.203. The molecule has 1 aromatic rings. The Kier molecular flexibility index (Phi) is 4.02. The zero-order valence-corrected chi connectivity index (χ0v) is 11.9. The minimum atomic E-state index is -0.794. The molecular weight excluding hydrogens is 264 g/mol. The predicted octanol–water partition coefficient (Wildman–Crippen LogP) is 2.25. The van der Waals surface area contributed by atoms with E-state index in [1.54, 1.807) is 24.0 Å². The van der Waals surface area contributed by atoms with Gasteiger partial charge >= 0.3 is 6.03 Å². The molecule has 1 aromatic carbocycles. The number of hydrogen-bond donors (Lipinski definition) is 2. The number of nitrogens with zero attached hydrogens (tertiary/aromatic N) is 1. The Hall–Kier alpha value is -1.26.